The zero-order valence-corrected chi connectivity index (χ0v) is 13.5. The highest BCUT2D eigenvalue weighted by molar-refractivity contribution is 5.62. The predicted octanol–water partition coefficient (Wildman–Crippen LogP) is 3.71. The molecule has 0 radical (unpaired) electrons. The van der Waals surface area contributed by atoms with E-state index in [1.54, 1.807) is 6.07 Å². The van der Waals surface area contributed by atoms with E-state index in [1.165, 1.54) is 16.7 Å². The molecule has 22 heavy (non-hydrogen) atoms. The van der Waals surface area contributed by atoms with Gasteiger partial charge in [0.2, 0.25) is 0 Å². The van der Waals surface area contributed by atoms with Crippen molar-refractivity contribution in [3.63, 3.8) is 0 Å². The van der Waals surface area contributed by atoms with Crippen molar-refractivity contribution in [1.29, 1.82) is 0 Å². The maximum absolute atomic E-state index is 10.2. The number of nitrogens with zero attached hydrogens (tertiary/aromatic N) is 1. The Morgan fingerprint density at radius 2 is 1.91 bits per heavy atom. The maximum Gasteiger partial charge on any atom is 0.138 e. The van der Waals surface area contributed by atoms with Crippen LogP contribution in [0.2, 0.25) is 0 Å². The van der Waals surface area contributed by atoms with Gasteiger partial charge in [-0.1, -0.05) is 51.1 Å². The number of phenolic OH excluding ortho intramolecular Hbond substituents is 1. The Balaban J connectivity index is 2.03. The van der Waals surface area contributed by atoms with E-state index in [9.17, 15) is 5.11 Å². The second-order valence-corrected chi connectivity index (χ2v) is 7.03. The Kier molecular flexibility index (Phi) is 3.61. The first-order valence-electron chi connectivity index (χ1n) is 7.80. The van der Waals surface area contributed by atoms with Crippen molar-refractivity contribution in [3.8, 4) is 5.75 Å². The second-order valence-electron chi connectivity index (χ2n) is 7.03. The van der Waals surface area contributed by atoms with Gasteiger partial charge in [-0.2, -0.15) is 0 Å². The number of para-hydroxylation sites is 2. The summed E-state index contributed by atoms with van der Waals surface area (Å²) < 4.78 is 0. The van der Waals surface area contributed by atoms with Gasteiger partial charge in [-0.3, -0.25) is 0 Å². The smallest absolute Gasteiger partial charge is 0.138 e. The van der Waals surface area contributed by atoms with Gasteiger partial charge >= 0.3 is 0 Å². The minimum atomic E-state index is 0.116. The largest absolute Gasteiger partial charge is 0.506 e. The zero-order chi connectivity index (χ0) is 15.9. The monoisotopic (exact) mass is 296 g/mol. The summed E-state index contributed by atoms with van der Waals surface area (Å²) in [7, 11) is 0. The zero-order valence-electron chi connectivity index (χ0n) is 13.5. The first-order chi connectivity index (χ1) is 10.4. The molecule has 0 spiro atoms. The van der Waals surface area contributed by atoms with E-state index in [0.717, 1.165) is 12.2 Å². The van der Waals surface area contributed by atoms with Crippen LogP contribution in [0.3, 0.4) is 0 Å². The molecule has 0 bridgehead atoms. The highest BCUT2D eigenvalue weighted by Gasteiger charge is 2.31. The van der Waals surface area contributed by atoms with Gasteiger partial charge < -0.3 is 15.7 Å². The third-order valence-electron chi connectivity index (χ3n) is 4.50. The van der Waals surface area contributed by atoms with E-state index in [0.29, 0.717) is 12.3 Å². The molecule has 1 aliphatic rings. The number of benzene rings is 2. The Labute approximate surface area is 132 Å². The molecule has 0 aliphatic carbocycles. The van der Waals surface area contributed by atoms with Crippen molar-refractivity contribution >= 4 is 5.69 Å². The summed E-state index contributed by atoms with van der Waals surface area (Å²) in [5.41, 5.74) is 10.9. The molecule has 1 heterocycles. The normalized spacial score (nSPS) is 17.6. The van der Waals surface area contributed by atoms with Crippen LogP contribution in [0.4, 0.5) is 5.69 Å². The topological polar surface area (TPSA) is 49.5 Å². The molecule has 3 heteroatoms. The van der Waals surface area contributed by atoms with Gasteiger partial charge in [0, 0.05) is 13.1 Å². The minimum Gasteiger partial charge on any atom is -0.506 e. The molecule has 1 aliphatic heterocycles. The van der Waals surface area contributed by atoms with Gasteiger partial charge in [0.05, 0.1) is 11.7 Å². The van der Waals surface area contributed by atoms with Crippen LogP contribution >= 0.6 is 0 Å². The Bertz CT molecular complexity index is 688. The van der Waals surface area contributed by atoms with Gasteiger partial charge in [-0.25, -0.2) is 0 Å². The molecule has 2 aromatic carbocycles. The molecule has 0 amide bonds. The molecular weight excluding hydrogens is 272 g/mol. The van der Waals surface area contributed by atoms with Crippen molar-refractivity contribution < 1.29 is 5.11 Å². The lowest BCUT2D eigenvalue weighted by molar-refractivity contribution is 0.471. The molecule has 1 unspecified atom stereocenters. The number of hydrogen-bond acceptors (Lipinski definition) is 3. The van der Waals surface area contributed by atoms with Crippen LogP contribution in [0.15, 0.2) is 42.5 Å². The van der Waals surface area contributed by atoms with Crippen molar-refractivity contribution in [2.24, 2.45) is 5.73 Å². The molecular formula is C19H24N2O. The van der Waals surface area contributed by atoms with Gasteiger partial charge in [-0.05, 0) is 34.2 Å². The average Bonchev–Trinajstić information content (AvgIpc) is 2.84. The Hall–Kier alpha value is -2.00. The molecule has 3 nitrogen and oxygen atoms in total. The molecule has 0 aromatic heterocycles. The van der Waals surface area contributed by atoms with Crippen LogP contribution in [0.25, 0.3) is 0 Å². The van der Waals surface area contributed by atoms with Crippen LogP contribution in [0, 0.1) is 0 Å². The van der Waals surface area contributed by atoms with Crippen LogP contribution in [0.1, 0.15) is 43.5 Å². The SMILES string of the molecule is CC(C)(C)c1ccc2c(c1)C(CN)N(c1ccccc1O)C2. The third-order valence-corrected chi connectivity index (χ3v) is 4.50. The molecule has 1 atom stereocenters. The lowest BCUT2D eigenvalue weighted by atomic mass is 9.85. The highest BCUT2D eigenvalue weighted by atomic mass is 16.3. The highest BCUT2D eigenvalue weighted by Crippen LogP contribution is 2.41. The van der Waals surface area contributed by atoms with Crippen LogP contribution < -0.4 is 10.6 Å². The third kappa shape index (κ3) is 2.46. The first kappa shape index (κ1) is 14.9. The quantitative estimate of drug-likeness (QED) is 0.888. The van der Waals surface area contributed by atoms with Gasteiger partial charge in [0.15, 0.2) is 0 Å². The molecule has 0 fully saturated rings. The minimum absolute atomic E-state index is 0.116. The van der Waals surface area contributed by atoms with E-state index in [2.05, 4.69) is 43.9 Å². The van der Waals surface area contributed by atoms with Crippen molar-refractivity contribution in [2.45, 2.75) is 38.8 Å². The summed E-state index contributed by atoms with van der Waals surface area (Å²) in [4.78, 5) is 2.20. The molecule has 3 N–H and O–H groups in total. The van der Waals surface area contributed by atoms with Crippen molar-refractivity contribution in [3.05, 3.63) is 59.2 Å². The summed E-state index contributed by atoms with van der Waals surface area (Å²) in [6.07, 6.45) is 0. The number of fused-ring (bicyclic) bond motifs is 1. The number of hydrogen-bond donors (Lipinski definition) is 2. The van der Waals surface area contributed by atoms with Crippen LogP contribution in [-0.4, -0.2) is 11.7 Å². The summed E-state index contributed by atoms with van der Waals surface area (Å²) in [6, 6.07) is 14.3. The van der Waals surface area contributed by atoms with Crippen LogP contribution in [0.5, 0.6) is 5.75 Å². The van der Waals surface area contributed by atoms with E-state index in [1.807, 2.05) is 18.2 Å². The maximum atomic E-state index is 10.2. The van der Waals surface area contributed by atoms with E-state index in [-0.39, 0.29) is 11.5 Å². The summed E-state index contributed by atoms with van der Waals surface area (Å²) >= 11 is 0. The van der Waals surface area contributed by atoms with E-state index < -0.39 is 0 Å². The summed E-state index contributed by atoms with van der Waals surface area (Å²) in [6.45, 7) is 8.00. The Morgan fingerprint density at radius 3 is 2.55 bits per heavy atom. The standard InChI is InChI=1S/C19H24N2O/c1-19(2,3)14-9-8-13-12-21(17(11-20)15(13)10-14)16-6-4-5-7-18(16)22/h4-10,17,22H,11-12,20H2,1-3H3. The molecule has 2 aromatic rings. The van der Waals surface area contributed by atoms with Crippen molar-refractivity contribution in [2.75, 3.05) is 11.4 Å². The first-order valence-corrected chi connectivity index (χ1v) is 7.80. The fraction of sp³-hybridized carbons (Fsp3) is 0.368. The molecule has 0 saturated heterocycles. The number of rotatable bonds is 2. The van der Waals surface area contributed by atoms with Gasteiger partial charge in [0.25, 0.3) is 0 Å². The Morgan fingerprint density at radius 1 is 1.18 bits per heavy atom. The molecule has 116 valence electrons. The van der Waals surface area contributed by atoms with Gasteiger partial charge in [-0.15, -0.1) is 0 Å². The molecule has 3 rings (SSSR count). The summed E-state index contributed by atoms with van der Waals surface area (Å²) in [5, 5.41) is 10.2. The number of aromatic hydroxyl groups is 1. The lowest BCUT2D eigenvalue weighted by Gasteiger charge is -2.27. The van der Waals surface area contributed by atoms with Crippen molar-refractivity contribution in [1.82, 2.24) is 0 Å². The fourth-order valence-electron chi connectivity index (χ4n) is 3.19. The van der Waals surface area contributed by atoms with Crippen LogP contribution in [-0.2, 0) is 12.0 Å². The molecule has 0 saturated carbocycles. The lowest BCUT2D eigenvalue weighted by Crippen LogP contribution is -2.27. The van der Waals surface area contributed by atoms with E-state index >= 15 is 0 Å². The number of phenols is 1. The number of anilines is 1. The van der Waals surface area contributed by atoms with E-state index in [4.69, 9.17) is 5.73 Å². The fourth-order valence-corrected chi connectivity index (χ4v) is 3.19. The predicted molar refractivity (Wildman–Crippen MR) is 91.2 cm³/mol. The summed E-state index contributed by atoms with van der Waals surface area (Å²) in [5.74, 6) is 0.310. The average molecular weight is 296 g/mol. The number of nitrogens with two attached hydrogens (primary N) is 1. The second kappa shape index (κ2) is 5.33. The van der Waals surface area contributed by atoms with Gasteiger partial charge in [0.1, 0.15) is 5.75 Å².